The van der Waals surface area contributed by atoms with Crippen molar-refractivity contribution in [2.45, 2.75) is 12.7 Å². The van der Waals surface area contributed by atoms with Gasteiger partial charge in [0.1, 0.15) is 18.7 Å². The van der Waals surface area contributed by atoms with Crippen molar-refractivity contribution in [2.75, 3.05) is 31.4 Å². The third-order valence-electron chi connectivity index (χ3n) is 4.63. The summed E-state index contributed by atoms with van der Waals surface area (Å²) in [4.78, 5) is 8.61. The van der Waals surface area contributed by atoms with Crippen molar-refractivity contribution in [1.29, 1.82) is 0 Å². The van der Waals surface area contributed by atoms with Gasteiger partial charge in [-0.15, -0.1) is 0 Å². The molecule has 1 atom stereocenters. The zero-order chi connectivity index (χ0) is 21.1. The maximum atomic E-state index is 14.7. The van der Waals surface area contributed by atoms with E-state index in [-0.39, 0.29) is 5.82 Å². The second kappa shape index (κ2) is 8.03. The molecule has 156 valence electrons. The van der Waals surface area contributed by atoms with Crippen LogP contribution in [0.2, 0.25) is 0 Å². The van der Waals surface area contributed by atoms with Crippen LogP contribution in [0.15, 0.2) is 59.6 Å². The van der Waals surface area contributed by atoms with Gasteiger partial charge in [0.05, 0.1) is 23.9 Å². The third-order valence-corrected chi connectivity index (χ3v) is 4.63. The molecule has 0 fully saturated rings. The molecule has 2 heterocycles. The van der Waals surface area contributed by atoms with Crippen LogP contribution < -0.4 is 21.1 Å². The first kappa shape index (κ1) is 19.7. The van der Waals surface area contributed by atoms with E-state index in [0.717, 1.165) is 11.4 Å². The summed E-state index contributed by atoms with van der Waals surface area (Å²) in [6.45, 7) is 2.81. The number of allylic oxidation sites excluding steroid dienone is 1. The summed E-state index contributed by atoms with van der Waals surface area (Å²) >= 11 is 0. The maximum absolute atomic E-state index is 14.7. The van der Waals surface area contributed by atoms with E-state index in [1.54, 1.807) is 36.2 Å². The van der Waals surface area contributed by atoms with Gasteiger partial charge in [-0.3, -0.25) is 4.57 Å². The smallest absolute Gasteiger partial charge is 0.203 e. The van der Waals surface area contributed by atoms with Gasteiger partial charge >= 0.3 is 0 Å². The molecule has 0 radical (unpaired) electrons. The lowest BCUT2D eigenvalue weighted by atomic mass is 10.2. The monoisotopic (exact) mass is 410 g/mol. The standard InChI is InChI=1S/C21H23FN6O2/c1-21(26-15-4-6-16(7-5-15)30-10-9-29-2)25-12-17(22)20(27-21)28-13-24-18-8-3-14(23)11-19(18)28/h3-8,11-13,26-27H,9-10,23H2,1-2H3. The average molecular weight is 410 g/mol. The third kappa shape index (κ3) is 4.06. The minimum Gasteiger partial charge on any atom is -0.491 e. The van der Waals surface area contributed by atoms with Crippen LogP contribution in [-0.4, -0.2) is 41.9 Å². The summed E-state index contributed by atoms with van der Waals surface area (Å²) in [5, 5.41) is 6.40. The van der Waals surface area contributed by atoms with E-state index >= 15 is 0 Å². The van der Waals surface area contributed by atoms with Gasteiger partial charge in [-0.25, -0.2) is 14.4 Å². The molecule has 0 saturated heterocycles. The Kier molecular flexibility index (Phi) is 5.28. The van der Waals surface area contributed by atoms with E-state index in [0.29, 0.717) is 29.9 Å². The first-order valence-corrected chi connectivity index (χ1v) is 9.43. The van der Waals surface area contributed by atoms with Crippen LogP contribution in [0.3, 0.4) is 0 Å². The van der Waals surface area contributed by atoms with Gasteiger partial charge in [0.15, 0.2) is 11.6 Å². The fourth-order valence-corrected chi connectivity index (χ4v) is 3.17. The Morgan fingerprint density at radius 1 is 1.20 bits per heavy atom. The number of nitrogen functional groups attached to an aromatic ring is 1. The van der Waals surface area contributed by atoms with Gasteiger partial charge in [0, 0.05) is 18.5 Å². The summed E-state index contributed by atoms with van der Waals surface area (Å²) in [7, 11) is 1.63. The van der Waals surface area contributed by atoms with Gasteiger partial charge in [0.25, 0.3) is 0 Å². The van der Waals surface area contributed by atoms with Crippen molar-refractivity contribution in [3.05, 3.63) is 54.6 Å². The van der Waals surface area contributed by atoms with Crippen molar-refractivity contribution in [3.63, 3.8) is 0 Å². The number of hydrogen-bond acceptors (Lipinski definition) is 7. The molecule has 0 aliphatic carbocycles. The van der Waals surface area contributed by atoms with Crippen LogP contribution in [0, 0.1) is 0 Å². The van der Waals surface area contributed by atoms with E-state index in [1.807, 2.05) is 31.2 Å². The molecule has 3 aromatic rings. The number of fused-ring (bicyclic) bond motifs is 1. The topological polar surface area (TPSA) is 98.7 Å². The van der Waals surface area contributed by atoms with Crippen molar-refractivity contribution in [3.8, 4) is 5.75 Å². The number of imidazole rings is 1. The van der Waals surface area contributed by atoms with Gasteiger partial charge in [-0.2, -0.15) is 0 Å². The van der Waals surface area contributed by atoms with E-state index in [2.05, 4.69) is 20.6 Å². The highest BCUT2D eigenvalue weighted by Crippen LogP contribution is 2.27. The Hall–Kier alpha value is -3.59. The Balaban J connectivity index is 1.53. The second-order valence-electron chi connectivity index (χ2n) is 7.01. The molecule has 1 aromatic heterocycles. The lowest BCUT2D eigenvalue weighted by Crippen LogP contribution is -2.49. The van der Waals surface area contributed by atoms with E-state index in [9.17, 15) is 4.39 Å². The number of rotatable bonds is 7. The number of nitrogens with one attached hydrogen (secondary N) is 2. The van der Waals surface area contributed by atoms with Crippen LogP contribution in [0.1, 0.15) is 6.92 Å². The Morgan fingerprint density at radius 2 is 2.00 bits per heavy atom. The number of anilines is 2. The van der Waals surface area contributed by atoms with Gasteiger partial charge < -0.3 is 25.8 Å². The van der Waals surface area contributed by atoms with E-state index in [4.69, 9.17) is 15.2 Å². The number of nitrogens with two attached hydrogens (primary N) is 1. The van der Waals surface area contributed by atoms with Crippen LogP contribution in [0.4, 0.5) is 15.8 Å². The normalized spacial score (nSPS) is 18.5. The second-order valence-corrected chi connectivity index (χ2v) is 7.01. The molecule has 1 aliphatic heterocycles. The van der Waals surface area contributed by atoms with Crippen LogP contribution in [-0.2, 0) is 4.74 Å². The van der Waals surface area contributed by atoms with E-state index in [1.165, 1.54) is 6.21 Å². The summed E-state index contributed by atoms with van der Waals surface area (Å²) in [6.07, 6.45) is 2.75. The van der Waals surface area contributed by atoms with Crippen LogP contribution in [0.25, 0.3) is 16.9 Å². The molecule has 9 heteroatoms. The molecule has 4 N–H and O–H groups in total. The molecule has 0 spiro atoms. The molecule has 0 saturated carbocycles. The maximum Gasteiger partial charge on any atom is 0.203 e. The summed E-state index contributed by atoms with van der Waals surface area (Å²) in [5.74, 6) is -0.511. The Labute approximate surface area is 173 Å². The van der Waals surface area contributed by atoms with Gasteiger partial charge in [-0.1, -0.05) is 0 Å². The highest BCUT2D eigenvalue weighted by atomic mass is 19.1. The molecule has 1 unspecified atom stereocenters. The predicted octanol–water partition coefficient (Wildman–Crippen LogP) is 3.20. The molecule has 8 nitrogen and oxygen atoms in total. The fraction of sp³-hybridized carbons (Fsp3) is 0.238. The number of aromatic nitrogens is 2. The Bertz CT molecular complexity index is 1110. The molecular weight excluding hydrogens is 387 g/mol. The number of nitrogens with zero attached hydrogens (tertiary/aromatic N) is 3. The quantitative estimate of drug-likeness (QED) is 0.409. The zero-order valence-corrected chi connectivity index (χ0v) is 16.7. The number of ether oxygens (including phenoxy) is 2. The molecular formula is C21H23FN6O2. The number of aliphatic imine (C=N–C) groups is 1. The van der Waals surface area contributed by atoms with Gasteiger partial charge in [0.2, 0.25) is 5.79 Å². The van der Waals surface area contributed by atoms with Gasteiger partial charge in [-0.05, 0) is 49.4 Å². The first-order valence-electron chi connectivity index (χ1n) is 9.43. The molecule has 1 aliphatic rings. The molecule has 2 aromatic carbocycles. The van der Waals surface area contributed by atoms with Crippen LogP contribution >= 0.6 is 0 Å². The first-order chi connectivity index (χ1) is 14.5. The lowest BCUT2D eigenvalue weighted by Gasteiger charge is -2.33. The molecule has 0 amide bonds. The van der Waals surface area contributed by atoms with E-state index < -0.39 is 11.6 Å². The van der Waals surface area contributed by atoms with Crippen LogP contribution in [0.5, 0.6) is 5.75 Å². The molecule has 4 rings (SSSR count). The number of hydrogen-bond donors (Lipinski definition) is 3. The summed E-state index contributed by atoms with van der Waals surface area (Å²) < 4.78 is 26.8. The average Bonchev–Trinajstić information content (AvgIpc) is 3.14. The SMILES string of the molecule is COCCOc1ccc(NC2(C)N=CC(F)=C(n3cnc4ccc(N)cc43)N2)cc1. The van der Waals surface area contributed by atoms with Crippen molar-refractivity contribution in [2.24, 2.45) is 4.99 Å². The summed E-state index contributed by atoms with van der Waals surface area (Å²) in [6, 6.07) is 12.7. The number of methoxy groups -OCH3 is 1. The van der Waals surface area contributed by atoms with Crippen molar-refractivity contribution >= 4 is 34.4 Å². The molecule has 30 heavy (non-hydrogen) atoms. The van der Waals surface area contributed by atoms with Crippen molar-refractivity contribution in [1.82, 2.24) is 14.9 Å². The lowest BCUT2D eigenvalue weighted by molar-refractivity contribution is 0.146. The zero-order valence-electron chi connectivity index (χ0n) is 16.7. The predicted molar refractivity (Wildman–Crippen MR) is 116 cm³/mol. The highest BCUT2D eigenvalue weighted by Gasteiger charge is 2.29. The largest absolute Gasteiger partial charge is 0.491 e. The van der Waals surface area contributed by atoms with Crippen molar-refractivity contribution < 1.29 is 13.9 Å². The number of halogens is 1. The number of benzene rings is 2. The molecule has 0 bridgehead atoms. The Morgan fingerprint density at radius 3 is 2.77 bits per heavy atom. The highest BCUT2D eigenvalue weighted by molar-refractivity contribution is 5.89. The minimum atomic E-state index is -0.972. The minimum absolute atomic E-state index is 0.229. The summed E-state index contributed by atoms with van der Waals surface area (Å²) in [5.41, 5.74) is 8.67. The fourth-order valence-electron chi connectivity index (χ4n) is 3.17.